The number of piperidine rings is 1. The van der Waals surface area contributed by atoms with E-state index in [9.17, 15) is 52.7 Å². The monoisotopic (exact) mass is 775 g/mol. The predicted octanol–water partition coefficient (Wildman–Crippen LogP) is 7.67. The molecule has 2 amide bonds. The van der Waals surface area contributed by atoms with Gasteiger partial charge >= 0.3 is 18.4 Å². The molecular formula is C34H30F9N5O4S. The second kappa shape index (κ2) is 14.0. The minimum Gasteiger partial charge on any atom is -0.349 e. The van der Waals surface area contributed by atoms with E-state index < -0.39 is 85.2 Å². The van der Waals surface area contributed by atoms with Crippen LogP contribution < -0.4 is 0 Å². The van der Waals surface area contributed by atoms with E-state index in [1.165, 1.54) is 9.80 Å². The number of urea groups is 1. The van der Waals surface area contributed by atoms with E-state index in [0.717, 1.165) is 48.2 Å². The topological polar surface area (TPSA) is 104 Å². The maximum absolute atomic E-state index is 14.6. The van der Waals surface area contributed by atoms with Crippen molar-refractivity contribution in [2.24, 2.45) is 21.4 Å². The summed E-state index contributed by atoms with van der Waals surface area (Å²) in [6.45, 7) is -1.52. The number of carbonyl (C=O) groups is 1. The maximum Gasteiger partial charge on any atom is 0.430 e. The fraction of sp³-hybridized carbons (Fsp3) is 0.412. The molecule has 2 fully saturated rings. The Labute approximate surface area is 297 Å². The number of hydrogen-bond acceptors (Lipinski definition) is 7. The second-order valence-electron chi connectivity index (χ2n) is 12.9. The van der Waals surface area contributed by atoms with Crippen LogP contribution in [0.15, 0.2) is 87.1 Å². The van der Waals surface area contributed by atoms with Gasteiger partial charge in [0.05, 0.1) is 17.2 Å². The average molecular weight is 776 g/mol. The summed E-state index contributed by atoms with van der Waals surface area (Å²) in [5.74, 6) is -3.61. The summed E-state index contributed by atoms with van der Waals surface area (Å²) in [5, 5.41) is 11.5. The lowest BCUT2D eigenvalue weighted by Crippen LogP contribution is -2.56. The number of nitrogens with zero attached hydrogens (tertiary/aromatic N) is 5. The molecule has 2 saturated heterocycles. The molecule has 284 valence electrons. The fourth-order valence-electron chi connectivity index (χ4n) is 7.03. The molecule has 0 aromatic heterocycles. The molecule has 0 unspecified atom stereocenters. The number of halogens is 9. The third-order valence-electron chi connectivity index (χ3n) is 9.96. The van der Waals surface area contributed by atoms with Crippen LogP contribution in [0.2, 0.25) is 0 Å². The summed E-state index contributed by atoms with van der Waals surface area (Å²) in [5.41, 5.74) is -7.30. The summed E-state index contributed by atoms with van der Waals surface area (Å²) in [6, 6.07) is 7.57. The van der Waals surface area contributed by atoms with Crippen molar-refractivity contribution in [3.8, 4) is 0 Å². The van der Waals surface area contributed by atoms with Crippen molar-refractivity contribution in [2.45, 2.75) is 53.5 Å². The Morgan fingerprint density at radius 3 is 1.98 bits per heavy atom. The zero-order valence-corrected chi connectivity index (χ0v) is 28.3. The molecule has 0 N–H and O–H groups in total. The smallest absolute Gasteiger partial charge is 0.349 e. The Hall–Kier alpha value is -4.52. The van der Waals surface area contributed by atoms with E-state index in [1.807, 2.05) is 0 Å². The van der Waals surface area contributed by atoms with Gasteiger partial charge in [0.2, 0.25) is 0 Å². The van der Waals surface area contributed by atoms with Crippen molar-refractivity contribution in [3.05, 3.63) is 101 Å². The van der Waals surface area contributed by atoms with E-state index in [1.54, 1.807) is 0 Å². The van der Waals surface area contributed by atoms with Crippen LogP contribution >= 0.6 is 0 Å². The maximum atomic E-state index is 14.6. The molecule has 0 bridgehead atoms. The largest absolute Gasteiger partial charge is 0.430 e. The molecule has 0 spiro atoms. The number of ether oxygens (including phenoxy) is 1. The highest BCUT2D eigenvalue weighted by molar-refractivity contribution is 7.92. The molecule has 19 heteroatoms. The SMILES string of the molecule is O=C(N1CCC(C2=NN=NC2)CC1)N1CC[C@](c2ccc(C(OCc3c(F)cccc3F)(C(F)(F)F)C(F)(F)F)cc2)(S(=O)(=O)c2ccc(F)cc2)C1. The van der Waals surface area contributed by atoms with Crippen molar-refractivity contribution in [1.29, 1.82) is 0 Å². The number of amides is 2. The van der Waals surface area contributed by atoms with Gasteiger partial charge in [0.1, 0.15) is 28.7 Å². The van der Waals surface area contributed by atoms with Crippen LogP contribution in [0.25, 0.3) is 0 Å². The summed E-state index contributed by atoms with van der Waals surface area (Å²) in [7, 11) is -4.62. The summed E-state index contributed by atoms with van der Waals surface area (Å²) < 4.78 is 161. The third-order valence-corrected chi connectivity index (χ3v) is 12.4. The Balaban J connectivity index is 1.36. The molecule has 1 atom stereocenters. The van der Waals surface area contributed by atoms with Crippen LogP contribution in [0.4, 0.5) is 44.3 Å². The lowest BCUT2D eigenvalue weighted by molar-refractivity contribution is -0.392. The van der Waals surface area contributed by atoms with Crippen LogP contribution in [0.3, 0.4) is 0 Å². The quantitative estimate of drug-likeness (QED) is 0.173. The lowest BCUT2D eigenvalue weighted by atomic mass is 9.88. The normalized spacial score (nSPS) is 20.3. The first-order chi connectivity index (χ1) is 24.9. The average Bonchev–Trinajstić information content (AvgIpc) is 3.81. The van der Waals surface area contributed by atoms with Crippen LogP contribution in [0.5, 0.6) is 0 Å². The second-order valence-corrected chi connectivity index (χ2v) is 15.2. The number of carbonyl (C=O) groups excluding carboxylic acids is 1. The Bertz CT molecular complexity index is 1980. The summed E-state index contributed by atoms with van der Waals surface area (Å²) in [4.78, 5) is 16.1. The van der Waals surface area contributed by atoms with Gasteiger partial charge in [-0.3, -0.25) is 0 Å². The highest BCUT2D eigenvalue weighted by Gasteiger charge is 2.73. The van der Waals surface area contributed by atoms with E-state index in [-0.39, 0.29) is 24.4 Å². The van der Waals surface area contributed by atoms with E-state index in [2.05, 4.69) is 20.2 Å². The first-order valence-electron chi connectivity index (χ1n) is 16.2. The number of hydrogen-bond donors (Lipinski definition) is 0. The van der Waals surface area contributed by atoms with Crippen LogP contribution in [0.1, 0.15) is 36.0 Å². The zero-order chi connectivity index (χ0) is 38.4. The summed E-state index contributed by atoms with van der Waals surface area (Å²) >= 11 is 0. The Morgan fingerprint density at radius 1 is 0.830 bits per heavy atom. The van der Waals surface area contributed by atoms with Gasteiger partial charge in [-0.05, 0) is 66.4 Å². The number of benzene rings is 3. The minimum atomic E-state index is -6.23. The minimum absolute atomic E-state index is 0.0410. The van der Waals surface area contributed by atoms with Gasteiger partial charge in [-0.25, -0.2) is 26.4 Å². The van der Waals surface area contributed by atoms with Crippen molar-refractivity contribution in [1.82, 2.24) is 9.80 Å². The van der Waals surface area contributed by atoms with Gasteiger partial charge in [0.25, 0.3) is 5.60 Å². The Morgan fingerprint density at radius 2 is 1.43 bits per heavy atom. The van der Waals surface area contributed by atoms with Gasteiger partial charge < -0.3 is 14.5 Å². The number of sulfone groups is 1. The van der Waals surface area contributed by atoms with Crippen molar-refractivity contribution in [3.63, 3.8) is 0 Å². The molecular weight excluding hydrogens is 745 g/mol. The van der Waals surface area contributed by atoms with Gasteiger partial charge in [-0.2, -0.15) is 31.5 Å². The molecule has 6 rings (SSSR count). The van der Waals surface area contributed by atoms with Gasteiger partial charge in [0, 0.05) is 43.2 Å². The molecule has 3 heterocycles. The standard InChI is InChI=1S/C34H30F9N5O4S/c35-24-8-10-25(11-9-24)53(50,51)31(14-17-48(20-31)30(49)47-15-12-21(13-16-47)29-18-44-46-45-29)22-4-6-23(7-5-22)32(33(38,39)40,34(41,42)43)52-19-26-27(36)2-1-3-28(26)37/h1-11,21H,12-20H2/t31-/m0/s1. The molecule has 0 saturated carbocycles. The predicted molar refractivity (Wildman–Crippen MR) is 170 cm³/mol. The molecule has 53 heavy (non-hydrogen) atoms. The fourth-order valence-corrected chi connectivity index (χ4v) is 9.11. The van der Waals surface area contributed by atoms with E-state index in [0.29, 0.717) is 56.7 Å². The molecule has 0 aliphatic carbocycles. The number of alkyl halides is 6. The zero-order valence-electron chi connectivity index (χ0n) is 27.5. The van der Waals surface area contributed by atoms with Crippen molar-refractivity contribution >= 4 is 21.6 Å². The van der Waals surface area contributed by atoms with E-state index >= 15 is 0 Å². The molecule has 3 aromatic rings. The number of likely N-dealkylation sites (tertiary alicyclic amines) is 2. The molecule has 3 aliphatic heterocycles. The van der Waals surface area contributed by atoms with Gasteiger partial charge in [-0.1, -0.05) is 30.3 Å². The highest BCUT2D eigenvalue weighted by atomic mass is 32.2. The molecule has 3 aromatic carbocycles. The third kappa shape index (κ3) is 6.77. The first kappa shape index (κ1) is 38.2. The van der Waals surface area contributed by atoms with Crippen LogP contribution in [-0.2, 0) is 31.5 Å². The van der Waals surface area contributed by atoms with Crippen LogP contribution in [0, 0.1) is 23.4 Å². The van der Waals surface area contributed by atoms with Crippen molar-refractivity contribution < 1.29 is 57.5 Å². The van der Waals surface area contributed by atoms with Gasteiger partial charge in [0.15, 0.2) is 9.84 Å². The van der Waals surface area contributed by atoms with Crippen molar-refractivity contribution in [2.75, 3.05) is 32.7 Å². The van der Waals surface area contributed by atoms with Crippen LogP contribution in [-0.4, -0.2) is 75.0 Å². The molecule has 0 radical (unpaired) electrons. The van der Waals surface area contributed by atoms with E-state index in [4.69, 9.17) is 0 Å². The molecule has 3 aliphatic rings. The number of rotatable bonds is 8. The van der Waals surface area contributed by atoms with Gasteiger partial charge in [-0.15, -0.1) is 5.10 Å². The Kier molecular flexibility index (Phi) is 10.1. The summed E-state index contributed by atoms with van der Waals surface area (Å²) in [6.07, 6.45) is -11.7. The first-order valence-corrected chi connectivity index (χ1v) is 17.7. The lowest BCUT2D eigenvalue weighted by Gasteiger charge is -2.38. The highest BCUT2D eigenvalue weighted by Crippen LogP contribution is 2.54. The molecule has 9 nitrogen and oxygen atoms in total.